The topological polar surface area (TPSA) is 84.2 Å². The molecule has 0 radical (unpaired) electrons. The molecule has 1 aliphatic heterocycles. The molecule has 0 spiro atoms. The lowest BCUT2D eigenvalue weighted by atomic mass is 10.1. The van der Waals surface area contributed by atoms with Gasteiger partial charge in [-0.3, -0.25) is 4.79 Å². The quantitative estimate of drug-likeness (QED) is 0.883. The zero-order valence-corrected chi connectivity index (χ0v) is 16.7. The number of nitrogens with one attached hydrogen (secondary N) is 1. The molecule has 1 atom stereocenters. The smallest absolute Gasteiger partial charge is 0.257 e. The van der Waals surface area contributed by atoms with Crippen molar-refractivity contribution in [2.75, 3.05) is 18.0 Å². The highest BCUT2D eigenvalue weighted by atomic mass is 16.5. The number of rotatable bonds is 4. The standard InChI is InChI=1S/C20H29N5O2/c1-13(22-19(26)18-15(3)24-27-16(18)4)17-12-21-20(23-14(17)2)25-10-8-6-5-7-9-11-25/h12-13H,5-11H2,1-4H3,(H,22,26). The lowest BCUT2D eigenvalue weighted by Crippen LogP contribution is -2.30. The lowest BCUT2D eigenvalue weighted by molar-refractivity contribution is 0.0937. The molecule has 1 unspecified atom stereocenters. The van der Waals surface area contributed by atoms with Crippen LogP contribution in [0, 0.1) is 20.8 Å². The second kappa shape index (κ2) is 8.50. The van der Waals surface area contributed by atoms with E-state index in [1.165, 1.54) is 32.1 Å². The first kappa shape index (κ1) is 19.3. The molecular weight excluding hydrogens is 342 g/mol. The number of hydrogen-bond acceptors (Lipinski definition) is 6. The first-order valence-corrected chi connectivity index (χ1v) is 9.79. The van der Waals surface area contributed by atoms with Gasteiger partial charge in [0.2, 0.25) is 5.95 Å². The van der Waals surface area contributed by atoms with Gasteiger partial charge < -0.3 is 14.7 Å². The van der Waals surface area contributed by atoms with Crippen LogP contribution in [0.3, 0.4) is 0 Å². The molecule has 3 heterocycles. The third-order valence-corrected chi connectivity index (χ3v) is 5.22. The van der Waals surface area contributed by atoms with Gasteiger partial charge in [0.1, 0.15) is 11.3 Å². The van der Waals surface area contributed by atoms with Crippen molar-refractivity contribution in [2.45, 2.75) is 65.8 Å². The average molecular weight is 371 g/mol. The highest BCUT2D eigenvalue weighted by Crippen LogP contribution is 2.21. The molecule has 0 aromatic carbocycles. The van der Waals surface area contributed by atoms with E-state index >= 15 is 0 Å². The summed E-state index contributed by atoms with van der Waals surface area (Å²) in [7, 11) is 0. The fourth-order valence-corrected chi connectivity index (χ4v) is 3.64. The summed E-state index contributed by atoms with van der Waals surface area (Å²) in [5, 5.41) is 6.85. The molecular formula is C20H29N5O2. The fourth-order valence-electron chi connectivity index (χ4n) is 3.64. The van der Waals surface area contributed by atoms with Crippen LogP contribution >= 0.6 is 0 Å². The Morgan fingerprint density at radius 3 is 2.37 bits per heavy atom. The molecule has 7 nitrogen and oxygen atoms in total. The molecule has 2 aromatic heterocycles. The largest absolute Gasteiger partial charge is 0.361 e. The van der Waals surface area contributed by atoms with E-state index in [9.17, 15) is 4.79 Å². The summed E-state index contributed by atoms with van der Waals surface area (Å²) in [5.74, 6) is 1.13. The van der Waals surface area contributed by atoms with Crippen molar-refractivity contribution in [2.24, 2.45) is 0 Å². The number of hydrogen-bond donors (Lipinski definition) is 1. The van der Waals surface area contributed by atoms with Gasteiger partial charge in [0.05, 0.1) is 11.7 Å². The number of aryl methyl sites for hydroxylation is 3. The molecule has 7 heteroatoms. The van der Waals surface area contributed by atoms with Crippen LogP contribution in [-0.4, -0.2) is 34.1 Å². The van der Waals surface area contributed by atoms with E-state index in [2.05, 4.69) is 20.4 Å². The maximum atomic E-state index is 12.6. The Bertz CT molecular complexity index is 774. The minimum atomic E-state index is -0.201. The van der Waals surface area contributed by atoms with Crippen molar-refractivity contribution in [1.82, 2.24) is 20.4 Å². The molecule has 1 amide bonds. The van der Waals surface area contributed by atoms with Crippen molar-refractivity contribution < 1.29 is 9.32 Å². The van der Waals surface area contributed by atoms with Gasteiger partial charge in [-0.2, -0.15) is 0 Å². The van der Waals surface area contributed by atoms with Gasteiger partial charge in [0.15, 0.2) is 0 Å². The third kappa shape index (κ3) is 4.46. The Balaban J connectivity index is 1.72. The molecule has 1 aliphatic rings. The number of nitrogens with zero attached hydrogens (tertiary/aromatic N) is 4. The summed E-state index contributed by atoms with van der Waals surface area (Å²) in [6.45, 7) is 9.45. The Morgan fingerprint density at radius 1 is 1.11 bits per heavy atom. The van der Waals surface area contributed by atoms with Crippen LogP contribution in [0.1, 0.15) is 78.1 Å². The molecule has 1 saturated heterocycles. The second-order valence-corrected chi connectivity index (χ2v) is 7.36. The number of amides is 1. The van der Waals surface area contributed by atoms with E-state index in [4.69, 9.17) is 9.51 Å². The molecule has 146 valence electrons. The highest BCUT2D eigenvalue weighted by molar-refractivity contribution is 5.96. The maximum Gasteiger partial charge on any atom is 0.257 e. The number of carbonyl (C=O) groups excluding carboxylic acids is 1. The minimum Gasteiger partial charge on any atom is -0.361 e. The number of anilines is 1. The van der Waals surface area contributed by atoms with E-state index in [1.54, 1.807) is 13.8 Å². The van der Waals surface area contributed by atoms with E-state index in [-0.39, 0.29) is 11.9 Å². The lowest BCUT2D eigenvalue weighted by Gasteiger charge is -2.25. The van der Waals surface area contributed by atoms with Crippen molar-refractivity contribution in [3.63, 3.8) is 0 Å². The Kier molecular flexibility index (Phi) is 6.08. The van der Waals surface area contributed by atoms with E-state index in [1.807, 2.05) is 20.0 Å². The van der Waals surface area contributed by atoms with Crippen LogP contribution in [0.15, 0.2) is 10.7 Å². The van der Waals surface area contributed by atoms with Crippen LogP contribution in [0.5, 0.6) is 0 Å². The van der Waals surface area contributed by atoms with Gasteiger partial charge in [-0.05, 0) is 40.5 Å². The van der Waals surface area contributed by atoms with Gasteiger partial charge >= 0.3 is 0 Å². The van der Waals surface area contributed by atoms with Gasteiger partial charge in [-0.15, -0.1) is 0 Å². The van der Waals surface area contributed by atoms with Crippen LogP contribution in [-0.2, 0) is 0 Å². The molecule has 0 aliphatic carbocycles. The number of carbonyl (C=O) groups is 1. The molecule has 3 rings (SSSR count). The van der Waals surface area contributed by atoms with Crippen molar-refractivity contribution in [3.05, 3.63) is 34.5 Å². The average Bonchev–Trinajstić information content (AvgIpc) is 2.93. The van der Waals surface area contributed by atoms with E-state index < -0.39 is 0 Å². The summed E-state index contributed by atoms with van der Waals surface area (Å²) in [4.78, 5) is 24.2. The minimum absolute atomic E-state index is 0.189. The third-order valence-electron chi connectivity index (χ3n) is 5.22. The monoisotopic (exact) mass is 371 g/mol. The van der Waals surface area contributed by atoms with E-state index in [0.29, 0.717) is 17.0 Å². The van der Waals surface area contributed by atoms with Crippen LogP contribution in [0.2, 0.25) is 0 Å². The fraction of sp³-hybridized carbons (Fsp3) is 0.600. The number of aromatic nitrogens is 3. The molecule has 0 bridgehead atoms. The van der Waals surface area contributed by atoms with Gasteiger partial charge in [0, 0.05) is 30.5 Å². The molecule has 0 saturated carbocycles. The zero-order chi connectivity index (χ0) is 19.4. The molecule has 2 aromatic rings. The normalized spacial score (nSPS) is 16.5. The highest BCUT2D eigenvalue weighted by Gasteiger charge is 2.21. The SMILES string of the molecule is Cc1nc(N2CCCCCCC2)ncc1C(C)NC(=O)c1c(C)noc1C. The predicted octanol–water partition coefficient (Wildman–Crippen LogP) is 3.65. The molecule has 1 N–H and O–H groups in total. The maximum absolute atomic E-state index is 12.6. The van der Waals surface area contributed by atoms with Crippen LogP contribution in [0.4, 0.5) is 5.95 Å². The van der Waals surface area contributed by atoms with Crippen molar-refractivity contribution in [3.8, 4) is 0 Å². The van der Waals surface area contributed by atoms with E-state index in [0.717, 1.165) is 30.3 Å². The molecule has 1 fully saturated rings. The van der Waals surface area contributed by atoms with Gasteiger partial charge in [-0.1, -0.05) is 24.4 Å². The van der Waals surface area contributed by atoms with Crippen LogP contribution < -0.4 is 10.2 Å². The van der Waals surface area contributed by atoms with Crippen molar-refractivity contribution >= 4 is 11.9 Å². The summed E-state index contributed by atoms with van der Waals surface area (Å²) in [6.07, 6.45) is 8.10. The Morgan fingerprint density at radius 2 is 1.78 bits per heavy atom. The summed E-state index contributed by atoms with van der Waals surface area (Å²) in [6, 6.07) is -0.201. The van der Waals surface area contributed by atoms with Gasteiger partial charge in [-0.25, -0.2) is 9.97 Å². The Hall–Kier alpha value is -2.44. The summed E-state index contributed by atoms with van der Waals surface area (Å²) in [5.41, 5.74) is 2.91. The molecule has 27 heavy (non-hydrogen) atoms. The predicted molar refractivity (Wildman–Crippen MR) is 104 cm³/mol. The van der Waals surface area contributed by atoms with Crippen molar-refractivity contribution in [1.29, 1.82) is 0 Å². The zero-order valence-electron chi connectivity index (χ0n) is 16.7. The first-order chi connectivity index (χ1) is 13.0. The second-order valence-electron chi connectivity index (χ2n) is 7.36. The summed E-state index contributed by atoms with van der Waals surface area (Å²) < 4.78 is 5.09. The Labute approximate surface area is 160 Å². The first-order valence-electron chi connectivity index (χ1n) is 9.79. The van der Waals surface area contributed by atoms with Gasteiger partial charge in [0.25, 0.3) is 5.91 Å². The summed E-state index contributed by atoms with van der Waals surface area (Å²) >= 11 is 0. The van der Waals surface area contributed by atoms with Crippen LogP contribution in [0.25, 0.3) is 0 Å².